The molecule has 36 heavy (non-hydrogen) atoms. The summed E-state index contributed by atoms with van der Waals surface area (Å²) in [6.45, 7) is 2.24. The van der Waals surface area contributed by atoms with Crippen molar-refractivity contribution >= 4 is 28.9 Å². The Labute approximate surface area is 217 Å². The summed E-state index contributed by atoms with van der Waals surface area (Å²) in [6, 6.07) is 5.58. The second-order valence-electron chi connectivity index (χ2n) is 10.6. The van der Waals surface area contributed by atoms with E-state index in [0.29, 0.717) is 17.5 Å². The topological polar surface area (TPSA) is 79.7 Å². The first kappa shape index (κ1) is 24.8. The van der Waals surface area contributed by atoms with Crippen molar-refractivity contribution in [2.24, 2.45) is 17.8 Å². The third-order valence-electron chi connectivity index (χ3n) is 7.69. The Morgan fingerprint density at radius 2 is 1.83 bits per heavy atom. The quantitative estimate of drug-likeness (QED) is 0.475. The van der Waals surface area contributed by atoms with Crippen LogP contribution in [0.3, 0.4) is 0 Å². The monoisotopic (exact) mass is 506 g/mol. The first-order valence-corrected chi connectivity index (χ1v) is 14.1. The molecule has 5 rings (SSSR count). The molecule has 3 aliphatic rings. The molecule has 6 nitrogen and oxygen atoms in total. The van der Waals surface area contributed by atoms with Crippen molar-refractivity contribution in [2.75, 3.05) is 4.90 Å². The van der Waals surface area contributed by atoms with Crippen LogP contribution in [0, 0.1) is 29.6 Å². The van der Waals surface area contributed by atoms with E-state index in [1.165, 1.54) is 11.3 Å². The van der Waals surface area contributed by atoms with Crippen LogP contribution in [0.25, 0.3) is 0 Å². The maximum absolute atomic E-state index is 14.0. The molecule has 3 fully saturated rings. The van der Waals surface area contributed by atoms with Gasteiger partial charge in [0, 0.05) is 24.1 Å². The highest BCUT2D eigenvalue weighted by Crippen LogP contribution is 2.39. The SMILES string of the molecule is CC1CCC(C(=O)N(c2cc(C#CC3CC3)sc2C(=O)O)C2CCC(Oc3cccnc3)CC2)CC1. The van der Waals surface area contributed by atoms with E-state index in [4.69, 9.17) is 4.74 Å². The van der Waals surface area contributed by atoms with Crippen molar-refractivity contribution in [3.8, 4) is 17.6 Å². The Morgan fingerprint density at radius 1 is 1.08 bits per heavy atom. The number of ether oxygens (including phenoxy) is 1. The minimum Gasteiger partial charge on any atom is -0.489 e. The standard InChI is InChI=1S/C29H34N2O4S/c1-19-4-9-21(10-5-19)28(32)31(22-11-13-23(14-12-22)35-24-3-2-16-30-18-24)26-17-25(15-8-20-6-7-20)36-27(26)29(33)34/h2-3,16-23H,4-7,9-14H2,1H3,(H,33,34). The maximum Gasteiger partial charge on any atom is 0.348 e. The summed E-state index contributed by atoms with van der Waals surface area (Å²) in [6.07, 6.45) is 12.8. The number of hydrogen-bond donors (Lipinski definition) is 1. The molecule has 0 aromatic carbocycles. The number of thiophene rings is 1. The first-order chi connectivity index (χ1) is 17.5. The van der Waals surface area contributed by atoms with Gasteiger partial charge in [0.15, 0.2) is 0 Å². The zero-order chi connectivity index (χ0) is 25.1. The fourth-order valence-corrected chi connectivity index (χ4v) is 6.26. The highest BCUT2D eigenvalue weighted by Gasteiger charge is 2.37. The summed E-state index contributed by atoms with van der Waals surface area (Å²) in [5.41, 5.74) is 0.535. The molecule has 3 saturated carbocycles. The van der Waals surface area contributed by atoms with E-state index >= 15 is 0 Å². The van der Waals surface area contributed by atoms with Gasteiger partial charge in [0.05, 0.1) is 22.9 Å². The molecule has 0 radical (unpaired) electrons. The molecule has 0 atom stereocenters. The minimum absolute atomic E-state index is 0.0393. The number of nitrogens with zero attached hydrogens (tertiary/aromatic N) is 2. The van der Waals surface area contributed by atoms with E-state index in [0.717, 1.165) is 74.8 Å². The molecule has 7 heteroatoms. The van der Waals surface area contributed by atoms with Crippen molar-refractivity contribution in [3.63, 3.8) is 0 Å². The second kappa shape index (κ2) is 11.0. The molecule has 2 aromatic rings. The number of carboxylic acid groups (broad SMARTS) is 1. The predicted octanol–water partition coefficient (Wildman–Crippen LogP) is 6.15. The van der Waals surface area contributed by atoms with Crippen LogP contribution in [0.2, 0.25) is 0 Å². The molecule has 2 heterocycles. The second-order valence-corrected chi connectivity index (χ2v) is 11.6. The molecule has 1 amide bonds. The van der Waals surface area contributed by atoms with Gasteiger partial charge in [-0.25, -0.2) is 4.79 Å². The van der Waals surface area contributed by atoms with Gasteiger partial charge in [0.1, 0.15) is 10.6 Å². The number of carbonyl (C=O) groups is 2. The lowest BCUT2D eigenvalue weighted by Crippen LogP contribution is -2.47. The lowest BCUT2D eigenvalue weighted by Gasteiger charge is -2.39. The van der Waals surface area contributed by atoms with E-state index in [-0.39, 0.29) is 28.8 Å². The summed E-state index contributed by atoms with van der Waals surface area (Å²) in [4.78, 5) is 33.2. The molecule has 0 spiro atoms. The Hall–Kier alpha value is -2.85. The van der Waals surface area contributed by atoms with E-state index in [1.54, 1.807) is 12.4 Å². The molecule has 1 N–H and O–H groups in total. The molecule has 190 valence electrons. The Kier molecular flexibility index (Phi) is 7.62. The van der Waals surface area contributed by atoms with E-state index in [9.17, 15) is 14.7 Å². The third-order valence-corrected chi connectivity index (χ3v) is 8.72. The van der Waals surface area contributed by atoms with E-state index in [1.807, 2.05) is 23.1 Å². The summed E-state index contributed by atoms with van der Waals surface area (Å²) < 4.78 is 6.13. The molecule has 0 saturated heterocycles. The van der Waals surface area contributed by atoms with Crippen LogP contribution in [0.5, 0.6) is 5.75 Å². The van der Waals surface area contributed by atoms with Gasteiger partial charge in [-0.2, -0.15) is 0 Å². The predicted molar refractivity (Wildman–Crippen MR) is 140 cm³/mol. The summed E-state index contributed by atoms with van der Waals surface area (Å²) in [7, 11) is 0. The van der Waals surface area contributed by atoms with Crippen molar-refractivity contribution < 1.29 is 19.4 Å². The van der Waals surface area contributed by atoms with Crippen LogP contribution < -0.4 is 9.64 Å². The number of aromatic nitrogens is 1. The third kappa shape index (κ3) is 5.92. The number of rotatable bonds is 6. The lowest BCUT2D eigenvalue weighted by molar-refractivity contribution is -0.124. The van der Waals surface area contributed by atoms with Gasteiger partial charge in [-0.3, -0.25) is 9.78 Å². The Morgan fingerprint density at radius 3 is 2.47 bits per heavy atom. The van der Waals surface area contributed by atoms with Crippen molar-refractivity contribution in [1.82, 2.24) is 4.98 Å². The van der Waals surface area contributed by atoms with Gasteiger partial charge in [-0.15, -0.1) is 11.3 Å². The fraction of sp³-hybridized carbons (Fsp3) is 0.552. The van der Waals surface area contributed by atoms with Crippen LogP contribution in [-0.4, -0.2) is 34.1 Å². The van der Waals surface area contributed by atoms with E-state index < -0.39 is 5.97 Å². The van der Waals surface area contributed by atoms with Gasteiger partial charge in [-0.1, -0.05) is 18.8 Å². The Balaban J connectivity index is 1.39. The zero-order valence-electron chi connectivity index (χ0n) is 20.8. The first-order valence-electron chi connectivity index (χ1n) is 13.3. The summed E-state index contributed by atoms with van der Waals surface area (Å²) in [5.74, 6) is 7.30. The van der Waals surface area contributed by atoms with Crippen molar-refractivity contribution in [3.05, 3.63) is 40.3 Å². The molecular formula is C29H34N2O4S. The highest BCUT2D eigenvalue weighted by atomic mass is 32.1. The average Bonchev–Trinajstić information content (AvgIpc) is 3.63. The van der Waals surface area contributed by atoms with Crippen molar-refractivity contribution in [1.29, 1.82) is 0 Å². The van der Waals surface area contributed by atoms with Gasteiger partial charge in [0.25, 0.3) is 0 Å². The normalized spacial score (nSPS) is 25.9. The number of carbonyl (C=O) groups excluding carboxylic acids is 1. The van der Waals surface area contributed by atoms with Crippen LogP contribution in [0.1, 0.15) is 85.7 Å². The number of carboxylic acids is 1. The minimum atomic E-state index is -0.988. The highest BCUT2D eigenvalue weighted by molar-refractivity contribution is 7.15. The van der Waals surface area contributed by atoms with Crippen LogP contribution in [0.15, 0.2) is 30.6 Å². The zero-order valence-corrected chi connectivity index (χ0v) is 21.6. The van der Waals surface area contributed by atoms with Crippen molar-refractivity contribution in [2.45, 2.75) is 83.3 Å². The molecule has 2 aromatic heterocycles. The van der Waals surface area contributed by atoms with E-state index in [2.05, 4.69) is 23.7 Å². The van der Waals surface area contributed by atoms with Crippen LogP contribution in [-0.2, 0) is 4.79 Å². The molecular weight excluding hydrogens is 472 g/mol. The fourth-order valence-electron chi connectivity index (χ4n) is 5.41. The van der Waals surface area contributed by atoms with Crippen LogP contribution in [0.4, 0.5) is 5.69 Å². The van der Waals surface area contributed by atoms with Gasteiger partial charge in [-0.05, 0) is 88.3 Å². The molecule has 0 bridgehead atoms. The smallest absolute Gasteiger partial charge is 0.348 e. The number of anilines is 1. The van der Waals surface area contributed by atoms with Gasteiger partial charge >= 0.3 is 5.97 Å². The summed E-state index contributed by atoms with van der Waals surface area (Å²) >= 11 is 1.20. The number of hydrogen-bond acceptors (Lipinski definition) is 5. The summed E-state index contributed by atoms with van der Waals surface area (Å²) in [5, 5.41) is 10.0. The molecule has 3 aliphatic carbocycles. The largest absolute Gasteiger partial charge is 0.489 e. The lowest BCUT2D eigenvalue weighted by atomic mass is 9.81. The van der Waals surface area contributed by atoms with Crippen LogP contribution >= 0.6 is 11.3 Å². The molecule has 0 aliphatic heterocycles. The average molecular weight is 507 g/mol. The number of aromatic carboxylic acids is 1. The Bertz CT molecular complexity index is 1130. The molecule has 0 unspecified atom stereocenters. The maximum atomic E-state index is 14.0. The van der Waals surface area contributed by atoms with Gasteiger partial charge < -0.3 is 14.7 Å². The van der Waals surface area contributed by atoms with Gasteiger partial charge in [0.2, 0.25) is 5.91 Å². The number of amides is 1. The number of pyridine rings is 1.